The van der Waals surface area contributed by atoms with E-state index in [-0.39, 0.29) is 18.6 Å². The SMILES string of the molecule is CC(CO)NC(=O)c1ccccc1Oc1cccc(Br)c1. The topological polar surface area (TPSA) is 58.6 Å². The summed E-state index contributed by atoms with van der Waals surface area (Å²) in [7, 11) is 0. The Bertz CT molecular complexity index is 630. The Morgan fingerprint density at radius 2 is 2.05 bits per heavy atom. The predicted octanol–water partition coefficient (Wildman–Crippen LogP) is 3.35. The van der Waals surface area contributed by atoms with Crippen LogP contribution in [0.4, 0.5) is 0 Å². The van der Waals surface area contributed by atoms with Crippen molar-refractivity contribution >= 4 is 21.8 Å². The van der Waals surface area contributed by atoms with Crippen LogP contribution < -0.4 is 10.1 Å². The summed E-state index contributed by atoms with van der Waals surface area (Å²) in [6, 6.07) is 14.1. The first-order valence-electron chi connectivity index (χ1n) is 6.54. The van der Waals surface area contributed by atoms with Gasteiger partial charge >= 0.3 is 0 Å². The lowest BCUT2D eigenvalue weighted by molar-refractivity contribution is 0.0920. The monoisotopic (exact) mass is 349 g/mol. The first-order chi connectivity index (χ1) is 10.1. The van der Waals surface area contributed by atoms with E-state index in [1.165, 1.54) is 0 Å². The van der Waals surface area contributed by atoms with Crippen LogP contribution in [0.2, 0.25) is 0 Å². The van der Waals surface area contributed by atoms with Gasteiger partial charge in [-0.1, -0.05) is 34.1 Å². The third-order valence-corrected chi connectivity index (χ3v) is 3.30. The van der Waals surface area contributed by atoms with Gasteiger partial charge in [0.1, 0.15) is 11.5 Å². The van der Waals surface area contributed by atoms with Crippen molar-refractivity contribution in [3.63, 3.8) is 0 Å². The number of nitrogens with one attached hydrogen (secondary N) is 1. The highest BCUT2D eigenvalue weighted by molar-refractivity contribution is 9.10. The maximum absolute atomic E-state index is 12.2. The normalized spacial score (nSPS) is 11.8. The second-order valence-corrected chi connectivity index (χ2v) is 5.53. The molecule has 0 aliphatic carbocycles. The largest absolute Gasteiger partial charge is 0.456 e. The summed E-state index contributed by atoms with van der Waals surface area (Å²) < 4.78 is 6.67. The van der Waals surface area contributed by atoms with Crippen molar-refractivity contribution in [3.8, 4) is 11.5 Å². The van der Waals surface area contributed by atoms with E-state index in [2.05, 4.69) is 21.2 Å². The van der Waals surface area contributed by atoms with E-state index in [9.17, 15) is 4.79 Å². The number of rotatable bonds is 5. The van der Waals surface area contributed by atoms with Crippen molar-refractivity contribution in [1.82, 2.24) is 5.32 Å². The third-order valence-electron chi connectivity index (χ3n) is 2.81. The smallest absolute Gasteiger partial charge is 0.255 e. The second kappa shape index (κ2) is 7.24. The van der Waals surface area contributed by atoms with E-state index in [0.29, 0.717) is 17.1 Å². The van der Waals surface area contributed by atoms with Crippen molar-refractivity contribution in [2.24, 2.45) is 0 Å². The fourth-order valence-corrected chi connectivity index (χ4v) is 2.13. The molecule has 0 aliphatic rings. The van der Waals surface area contributed by atoms with Gasteiger partial charge in [0.15, 0.2) is 0 Å². The lowest BCUT2D eigenvalue weighted by Crippen LogP contribution is -2.35. The quantitative estimate of drug-likeness (QED) is 0.870. The van der Waals surface area contributed by atoms with Crippen molar-refractivity contribution in [1.29, 1.82) is 0 Å². The lowest BCUT2D eigenvalue weighted by Gasteiger charge is -2.14. The van der Waals surface area contributed by atoms with Crippen LogP contribution in [0.5, 0.6) is 11.5 Å². The van der Waals surface area contributed by atoms with Crippen LogP contribution in [0, 0.1) is 0 Å². The number of hydrogen-bond donors (Lipinski definition) is 2. The Morgan fingerprint density at radius 1 is 1.29 bits per heavy atom. The van der Waals surface area contributed by atoms with Gasteiger partial charge in [0, 0.05) is 10.5 Å². The highest BCUT2D eigenvalue weighted by Crippen LogP contribution is 2.27. The lowest BCUT2D eigenvalue weighted by atomic mass is 10.1. The molecule has 0 saturated carbocycles. The van der Waals surface area contributed by atoms with Crippen LogP contribution in [0.1, 0.15) is 17.3 Å². The predicted molar refractivity (Wildman–Crippen MR) is 84.7 cm³/mol. The number of aliphatic hydroxyl groups excluding tert-OH is 1. The molecule has 1 unspecified atom stereocenters. The zero-order chi connectivity index (χ0) is 15.2. The number of aliphatic hydroxyl groups is 1. The Morgan fingerprint density at radius 3 is 2.76 bits per heavy atom. The van der Waals surface area contributed by atoms with E-state index in [1.54, 1.807) is 31.2 Å². The maximum atomic E-state index is 12.2. The fraction of sp³-hybridized carbons (Fsp3) is 0.188. The molecule has 1 amide bonds. The molecular formula is C16H16BrNO3. The van der Waals surface area contributed by atoms with Crippen molar-refractivity contribution < 1.29 is 14.6 Å². The number of amides is 1. The number of para-hydroxylation sites is 1. The van der Waals surface area contributed by atoms with Gasteiger partial charge in [-0.05, 0) is 37.3 Å². The Kier molecular flexibility index (Phi) is 5.36. The molecule has 110 valence electrons. The van der Waals surface area contributed by atoms with Crippen molar-refractivity contribution in [2.45, 2.75) is 13.0 Å². The molecule has 1 atom stereocenters. The van der Waals surface area contributed by atoms with E-state index in [4.69, 9.17) is 9.84 Å². The number of halogens is 1. The molecule has 4 nitrogen and oxygen atoms in total. The summed E-state index contributed by atoms with van der Waals surface area (Å²) in [6.07, 6.45) is 0. The van der Waals surface area contributed by atoms with Crippen LogP contribution in [-0.2, 0) is 0 Å². The van der Waals surface area contributed by atoms with Crippen LogP contribution in [-0.4, -0.2) is 23.7 Å². The van der Waals surface area contributed by atoms with E-state index >= 15 is 0 Å². The molecule has 2 aromatic rings. The molecule has 0 aromatic heterocycles. The average Bonchev–Trinajstić information content (AvgIpc) is 2.47. The number of carbonyl (C=O) groups excluding carboxylic acids is 1. The highest BCUT2D eigenvalue weighted by Gasteiger charge is 2.14. The first kappa shape index (κ1) is 15.5. The third kappa shape index (κ3) is 4.31. The van der Waals surface area contributed by atoms with Gasteiger partial charge in [-0.25, -0.2) is 0 Å². The standard InChI is InChI=1S/C16H16BrNO3/c1-11(10-19)18-16(20)14-7-2-3-8-15(14)21-13-6-4-5-12(17)9-13/h2-9,11,19H,10H2,1H3,(H,18,20). The van der Waals surface area contributed by atoms with E-state index < -0.39 is 0 Å². The van der Waals surface area contributed by atoms with Crippen LogP contribution in [0.25, 0.3) is 0 Å². The second-order valence-electron chi connectivity index (χ2n) is 4.61. The summed E-state index contributed by atoms with van der Waals surface area (Å²) in [5.41, 5.74) is 0.428. The summed E-state index contributed by atoms with van der Waals surface area (Å²) in [6.45, 7) is 1.62. The number of ether oxygens (including phenoxy) is 1. The molecule has 0 heterocycles. The van der Waals surface area contributed by atoms with Crippen molar-refractivity contribution in [2.75, 3.05) is 6.61 Å². The molecule has 21 heavy (non-hydrogen) atoms. The Balaban J connectivity index is 2.22. The summed E-state index contributed by atoms with van der Waals surface area (Å²) in [4.78, 5) is 12.2. The molecule has 2 aromatic carbocycles. The minimum absolute atomic E-state index is 0.111. The van der Waals surface area contributed by atoms with Gasteiger partial charge in [0.25, 0.3) is 5.91 Å². The molecule has 0 spiro atoms. The molecule has 0 radical (unpaired) electrons. The van der Waals surface area contributed by atoms with Crippen molar-refractivity contribution in [3.05, 3.63) is 58.6 Å². The Labute approximate surface area is 131 Å². The number of carbonyl (C=O) groups is 1. The summed E-state index contributed by atoms with van der Waals surface area (Å²) in [5.74, 6) is 0.834. The van der Waals surface area contributed by atoms with Gasteiger partial charge < -0.3 is 15.2 Å². The van der Waals surface area contributed by atoms with Gasteiger partial charge in [0.05, 0.1) is 12.2 Å². The number of benzene rings is 2. The molecule has 2 rings (SSSR count). The fourth-order valence-electron chi connectivity index (χ4n) is 1.75. The van der Waals surface area contributed by atoms with E-state index in [1.807, 2.05) is 24.3 Å². The minimum atomic E-state index is -0.309. The van der Waals surface area contributed by atoms with E-state index in [0.717, 1.165) is 4.47 Å². The minimum Gasteiger partial charge on any atom is -0.456 e. The van der Waals surface area contributed by atoms with Gasteiger partial charge in [-0.15, -0.1) is 0 Å². The van der Waals surface area contributed by atoms with Gasteiger partial charge in [-0.2, -0.15) is 0 Å². The zero-order valence-corrected chi connectivity index (χ0v) is 13.1. The summed E-state index contributed by atoms with van der Waals surface area (Å²) in [5, 5.41) is 11.7. The van der Waals surface area contributed by atoms with Crippen LogP contribution in [0.3, 0.4) is 0 Å². The molecule has 2 N–H and O–H groups in total. The molecule has 5 heteroatoms. The van der Waals surface area contributed by atoms with Gasteiger partial charge in [0.2, 0.25) is 0 Å². The Hall–Kier alpha value is -1.85. The molecular weight excluding hydrogens is 334 g/mol. The zero-order valence-electron chi connectivity index (χ0n) is 11.5. The molecule has 0 aliphatic heterocycles. The molecule has 0 fully saturated rings. The molecule has 0 saturated heterocycles. The maximum Gasteiger partial charge on any atom is 0.255 e. The summed E-state index contributed by atoms with van der Waals surface area (Å²) >= 11 is 3.38. The molecule has 0 bridgehead atoms. The average molecular weight is 350 g/mol. The van der Waals surface area contributed by atoms with Crippen LogP contribution in [0.15, 0.2) is 53.0 Å². The van der Waals surface area contributed by atoms with Gasteiger partial charge in [-0.3, -0.25) is 4.79 Å². The number of hydrogen-bond acceptors (Lipinski definition) is 3. The van der Waals surface area contributed by atoms with Crippen LogP contribution >= 0.6 is 15.9 Å². The first-order valence-corrected chi connectivity index (χ1v) is 7.33. The highest BCUT2D eigenvalue weighted by atomic mass is 79.9.